The first-order valence-electron chi connectivity index (χ1n) is 16.8. The summed E-state index contributed by atoms with van der Waals surface area (Å²) in [7, 11) is -13.0. The first-order valence-corrected chi connectivity index (χ1v) is 21.2. The summed E-state index contributed by atoms with van der Waals surface area (Å²) in [4.78, 5) is 17.4. The summed E-state index contributed by atoms with van der Waals surface area (Å²) < 4.78 is 97.1. The SMILES string of the molecule is O=C(OCCCCCCCCCCCCOS(=O)(=O)c1ccccn1)C(F)(F)S(=O)(=O)OS(c1ccccc1)(c1ccccc1)c1ccccc1. The minimum absolute atomic E-state index is 0.102. The molecule has 0 aliphatic heterocycles. The molecular formula is C37H43F2NO8S3. The van der Waals surface area contributed by atoms with Gasteiger partial charge in [-0.3, -0.25) is 4.18 Å². The Labute approximate surface area is 301 Å². The van der Waals surface area contributed by atoms with Crippen molar-refractivity contribution in [3.8, 4) is 0 Å². The Morgan fingerprint density at radius 3 is 1.41 bits per heavy atom. The highest BCUT2D eigenvalue weighted by Crippen LogP contribution is 2.70. The first-order chi connectivity index (χ1) is 24.5. The molecule has 4 aromatic rings. The maximum atomic E-state index is 15.4. The van der Waals surface area contributed by atoms with Gasteiger partial charge in [-0.1, -0.05) is 112 Å². The molecule has 0 amide bonds. The van der Waals surface area contributed by atoms with Gasteiger partial charge in [-0.25, -0.2) is 13.4 Å². The maximum Gasteiger partial charge on any atom is 0.466 e. The molecule has 0 saturated carbocycles. The number of nitrogens with zero attached hydrogens (tertiary/aromatic N) is 1. The fourth-order valence-corrected chi connectivity index (χ4v) is 11.2. The number of esters is 1. The van der Waals surface area contributed by atoms with Crippen LogP contribution in [0.25, 0.3) is 0 Å². The predicted octanol–water partition coefficient (Wildman–Crippen LogP) is 9.07. The number of rotatable bonds is 22. The van der Waals surface area contributed by atoms with E-state index in [2.05, 4.69) is 4.98 Å². The fraction of sp³-hybridized carbons (Fsp3) is 0.351. The number of aromatic nitrogens is 1. The number of carbonyl (C=O) groups is 1. The molecule has 0 fully saturated rings. The summed E-state index contributed by atoms with van der Waals surface area (Å²) in [6, 6.07) is 29.4. The number of benzene rings is 3. The van der Waals surface area contributed by atoms with Crippen LogP contribution in [0.15, 0.2) is 135 Å². The van der Waals surface area contributed by atoms with Gasteiger partial charge < -0.3 is 4.74 Å². The zero-order valence-electron chi connectivity index (χ0n) is 28.1. The Hall–Kier alpha value is -3.69. The molecule has 1 aromatic heterocycles. The average Bonchev–Trinajstić information content (AvgIpc) is 3.15. The van der Waals surface area contributed by atoms with E-state index >= 15 is 8.78 Å². The van der Waals surface area contributed by atoms with E-state index in [0.717, 1.165) is 44.9 Å². The van der Waals surface area contributed by atoms with Crippen molar-refractivity contribution in [2.45, 2.75) is 89.2 Å². The third kappa shape index (κ3) is 10.9. The molecule has 276 valence electrons. The van der Waals surface area contributed by atoms with E-state index in [1.54, 1.807) is 103 Å². The lowest BCUT2D eigenvalue weighted by atomic mass is 10.1. The van der Waals surface area contributed by atoms with Gasteiger partial charge >= 0.3 is 31.5 Å². The number of halogens is 2. The summed E-state index contributed by atoms with van der Waals surface area (Å²) in [5, 5.41) is -5.06. The van der Waals surface area contributed by atoms with Gasteiger partial charge in [0.1, 0.15) is 0 Å². The smallest absolute Gasteiger partial charge is 0.460 e. The minimum atomic E-state index is -5.85. The molecule has 0 saturated heterocycles. The molecule has 14 heteroatoms. The molecule has 51 heavy (non-hydrogen) atoms. The number of unbranched alkanes of at least 4 members (excludes halogenated alkanes) is 9. The molecule has 0 N–H and O–H groups in total. The van der Waals surface area contributed by atoms with Gasteiger partial charge in [0.05, 0.1) is 13.2 Å². The van der Waals surface area contributed by atoms with Gasteiger partial charge in [0.2, 0.25) is 0 Å². The minimum Gasteiger partial charge on any atom is -0.460 e. The van der Waals surface area contributed by atoms with Crippen LogP contribution in [0.2, 0.25) is 0 Å². The van der Waals surface area contributed by atoms with Crippen LogP contribution < -0.4 is 0 Å². The Morgan fingerprint density at radius 2 is 0.980 bits per heavy atom. The van der Waals surface area contributed by atoms with E-state index in [0.29, 0.717) is 33.9 Å². The topological polar surface area (TPSA) is 126 Å². The van der Waals surface area contributed by atoms with E-state index in [1.807, 2.05) is 0 Å². The van der Waals surface area contributed by atoms with E-state index in [4.69, 9.17) is 12.5 Å². The van der Waals surface area contributed by atoms with Crippen LogP contribution >= 0.6 is 10.3 Å². The van der Waals surface area contributed by atoms with Crippen molar-refractivity contribution in [2.75, 3.05) is 13.2 Å². The molecule has 1 heterocycles. The summed E-state index contributed by atoms with van der Waals surface area (Å²) in [6.07, 6.45) is 9.35. The van der Waals surface area contributed by atoms with Gasteiger partial charge in [0.25, 0.3) is 0 Å². The van der Waals surface area contributed by atoms with Crippen molar-refractivity contribution in [1.29, 1.82) is 0 Å². The molecule has 0 aliphatic carbocycles. The molecule has 0 spiro atoms. The lowest BCUT2D eigenvalue weighted by Crippen LogP contribution is -2.41. The number of pyridine rings is 1. The van der Waals surface area contributed by atoms with Crippen LogP contribution in [0, 0.1) is 0 Å². The quantitative estimate of drug-likeness (QED) is 0.0438. The third-order valence-electron chi connectivity index (χ3n) is 7.87. The molecule has 0 atom stereocenters. The fourth-order valence-electron chi connectivity index (χ4n) is 5.23. The molecular weight excluding hydrogens is 721 g/mol. The van der Waals surface area contributed by atoms with Crippen LogP contribution in [0.5, 0.6) is 0 Å². The van der Waals surface area contributed by atoms with Crippen molar-refractivity contribution in [3.63, 3.8) is 0 Å². The molecule has 0 aliphatic rings. The molecule has 3 aromatic carbocycles. The summed E-state index contributed by atoms with van der Waals surface area (Å²) in [5.41, 5.74) is 0. The lowest BCUT2D eigenvalue weighted by molar-refractivity contribution is -0.161. The van der Waals surface area contributed by atoms with Gasteiger partial charge in [-0.15, -0.1) is 0 Å². The summed E-state index contributed by atoms with van der Waals surface area (Å²) >= 11 is 0. The highest BCUT2D eigenvalue weighted by atomic mass is 32.3. The van der Waals surface area contributed by atoms with E-state index < -0.39 is 41.8 Å². The predicted molar refractivity (Wildman–Crippen MR) is 191 cm³/mol. The van der Waals surface area contributed by atoms with Gasteiger partial charge in [-0.05, 0) is 71.7 Å². The van der Waals surface area contributed by atoms with Crippen LogP contribution in [0.4, 0.5) is 8.78 Å². The second kappa shape index (κ2) is 19.2. The van der Waals surface area contributed by atoms with E-state index in [1.165, 1.54) is 12.3 Å². The van der Waals surface area contributed by atoms with Crippen LogP contribution in [0.3, 0.4) is 0 Å². The molecule has 4 rings (SSSR count). The van der Waals surface area contributed by atoms with E-state index in [9.17, 15) is 21.6 Å². The van der Waals surface area contributed by atoms with Crippen molar-refractivity contribution < 1.29 is 43.0 Å². The molecule has 0 bridgehead atoms. The van der Waals surface area contributed by atoms with Crippen molar-refractivity contribution >= 4 is 36.5 Å². The monoisotopic (exact) mass is 763 g/mol. The number of carbonyl (C=O) groups excluding carboxylic acids is 1. The highest BCUT2D eigenvalue weighted by molar-refractivity contribution is 8.33. The second-order valence-corrected chi connectivity index (χ2v) is 17.7. The highest BCUT2D eigenvalue weighted by Gasteiger charge is 2.58. The zero-order chi connectivity index (χ0) is 36.6. The van der Waals surface area contributed by atoms with Crippen LogP contribution in [-0.4, -0.2) is 46.3 Å². The summed E-state index contributed by atoms with van der Waals surface area (Å²) in [6.45, 7) is -0.249. The normalized spacial score (nSPS) is 12.7. The summed E-state index contributed by atoms with van der Waals surface area (Å²) in [5.74, 6) is -2.18. The maximum absolute atomic E-state index is 15.4. The largest absolute Gasteiger partial charge is 0.466 e. The van der Waals surface area contributed by atoms with Gasteiger partial charge in [0, 0.05) is 20.9 Å². The van der Waals surface area contributed by atoms with Gasteiger partial charge in [-0.2, -0.15) is 25.6 Å². The third-order valence-corrected chi connectivity index (χ3v) is 14.2. The number of ether oxygens (including phenoxy) is 1. The van der Waals surface area contributed by atoms with Crippen molar-refractivity contribution in [2.24, 2.45) is 0 Å². The molecule has 0 radical (unpaired) electrons. The Balaban J connectivity index is 1.20. The van der Waals surface area contributed by atoms with Crippen molar-refractivity contribution in [3.05, 3.63) is 115 Å². The number of hydrogen-bond acceptors (Lipinski definition) is 9. The molecule has 0 unspecified atom stereocenters. The van der Waals surface area contributed by atoms with Gasteiger partial charge in [0.15, 0.2) is 5.03 Å². The average molecular weight is 764 g/mol. The Morgan fingerprint density at radius 1 is 0.569 bits per heavy atom. The Kier molecular flexibility index (Phi) is 15.1. The number of hydrogen-bond donors (Lipinski definition) is 0. The van der Waals surface area contributed by atoms with Crippen molar-refractivity contribution in [1.82, 2.24) is 4.98 Å². The standard InChI is InChI=1S/C37H43F2NO8S3/c38-37(39,36(41)46-30-20-7-5-3-1-2-4-6-8-21-31-47-50(42,43)35-28-18-19-29-40-35)51(44,45)48-49(32-22-12-9-13-23-32,33-24-14-10-15-25-33)34-26-16-11-17-27-34/h9-19,22-29H,1-8,20-21,30-31H2. The van der Waals surface area contributed by atoms with Crippen LogP contribution in [-0.2, 0) is 37.6 Å². The zero-order valence-corrected chi connectivity index (χ0v) is 30.6. The van der Waals surface area contributed by atoms with Crippen LogP contribution in [0.1, 0.15) is 64.2 Å². The van der Waals surface area contributed by atoms with E-state index in [-0.39, 0.29) is 18.2 Å². The second-order valence-electron chi connectivity index (χ2n) is 11.6. The first kappa shape index (κ1) is 40.1. The lowest BCUT2D eigenvalue weighted by Gasteiger charge is -2.39. The molecule has 9 nitrogen and oxygen atoms in total. The number of alkyl halides is 2. The Bertz CT molecular complexity index is 1750.